The highest BCUT2D eigenvalue weighted by atomic mass is 16.5. The summed E-state index contributed by atoms with van der Waals surface area (Å²) in [6.45, 7) is 5.49. The van der Waals surface area contributed by atoms with Crippen molar-refractivity contribution in [1.29, 1.82) is 0 Å². The van der Waals surface area contributed by atoms with Gasteiger partial charge in [0.25, 0.3) is 7.41 Å². The van der Waals surface area contributed by atoms with Crippen molar-refractivity contribution in [3.05, 3.63) is 35.9 Å². The van der Waals surface area contributed by atoms with Gasteiger partial charge in [0, 0.05) is 12.0 Å². The van der Waals surface area contributed by atoms with E-state index in [1.165, 1.54) is 7.41 Å². The quantitative estimate of drug-likeness (QED) is 0.407. The van der Waals surface area contributed by atoms with Gasteiger partial charge in [-0.25, -0.2) is 0 Å². The Kier molecular flexibility index (Phi) is 7.84. The van der Waals surface area contributed by atoms with Crippen LogP contribution in [0.3, 0.4) is 0 Å². The molecule has 119 valence electrons. The molecule has 0 saturated heterocycles. The molecule has 0 aliphatic rings. The van der Waals surface area contributed by atoms with Gasteiger partial charge in [-0.2, -0.15) is 0 Å². The topological polar surface area (TPSA) is 81.4 Å². The van der Waals surface area contributed by atoms with E-state index in [1.54, 1.807) is 13.8 Å². The van der Waals surface area contributed by atoms with Gasteiger partial charge in [0.1, 0.15) is 0 Å². The van der Waals surface area contributed by atoms with Gasteiger partial charge in [-0.1, -0.05) is 30.3 Å². The van der Waals surface area contributed by atoms with E-state index < -0.39 is 6.04 Å². The maximum absolute atomic E-state index is 12.2. The minimum Gasteiger partial charge on any atom is -0.462 e. The molecule has 0 spiro atoms. The standard InChI is InChI=1S/C16H24BN2O3/c1-11(2)22-16(21)15(19-17-10-20)9-14(12(3)18)13-7-5-4-6-8-13/h4-8,10-12,14-15,19H,9,18H2,1-3H3/t12-,14-,15+/m1/s1. The molecule has 0 aliphatic heterocycles. The van der Waals surface area contributed by atoms with Crippen LogP contribution in [-0.4, -0.2) is 37.8 Å². The van der Waals surface area contributed by atoms with Crippen LogP contribution >= 0.6 is 0 Å². The van der Waals surface area contributed by atoms with E-state index in [2.05, 4.69) is 5.23 Å². The SMILES string of the molecule is CC(C)OC(=O)[C@H](C[C@@H](c1ccccc1)[C@@H](C)N)N[B]C=O. The second kappa shape index (κ2) is 9.38. The minimum absolute atomic E-state index is 0.0153. The van der Waals surface area contributed by atoms with Gasteiger partial charge in [-0.3, -0.25) is 4.79 Å². The first-order valence-electron chi connectivity index (χ1n) is 7.49. The molecule has 0 fully saturated rings. The molecule has 0 aromatic heterocycles. The first-order valence-corrected chi connectivity index (χ1v) is 7.49. The van der Waals surface area contributed by atoms with Crippen molar-refractivity contribution in [2.75, 3.05) is 0 Å². The summed E-state index contributed by atoms with van der Waals surface area (Å²) in [6.07, 6.45) is 0.856. The Morgan fingerprint density at radius 3 is 2.45 bits per heavy atom. The summed E-state index contributed by atoms with van der Waals surface area (Å²) in [5, 5.41) is 2.81. The van der Waals surface area contributed by atoms with E-state index in [1.807, 2.05) is 37.3 Å². The lowest BCUT2D eigenvalue weighted by molar-refractivity contribution is -0.149. The van der Waals surface area contributed by atoms with Crippen molar-refractivity contribution < 1.29 is 14.3 Å². The van der Waals surface area contributed by atoms with E-state index in [0.29, 0.717) is 12.6 Å². The number of rotatable bonds is 9. The lowest BCUT2D eigenvalue weighted by Crippen LogP contribution is -2.44. The fraction of sp³-hybridized carbons (Fsp3) is 0.500. The van der Waals surface area contributed by atoms with E-state index >= 15 is 0 Å². The lowest BCUT2D eigenvalue weighted by atomic mass is 9.85. The number of hydrogen-bond donors (Lipinski definition) is 2. The van der Waals surface area contributed by atoms with E-state index in [9.17, 15) is 9.59 Å². The molecule has 0 unspecified atom stereocenters. The molecule has 6 heteroatoms. The number of hydrogen-bond acceptors (Lipinski definition) is 5. The fourth-order valence-corrected chi connectivity index (χ4v) is 2.31. The van der Waals surface area contributed by atoms with Gasteiger partial charge in [0.15, 0.2) is 0 Å². The average Bonchev–Trinajstić information content (AvgIpc) is 2.47. The number of ether oxygens (including phenoxy) is 1. The molecule has 1 aromatic rings. The second-order valence-corrected chi connectivity index (χ2v) is 5.62. The summed E-state index contributed by atoms with van der Waals surface area (Å²) < 4.78 is 5.25. The molecule has 1 aromatic carbocycles. The molecular formula is C16H24BN2O3. The van der Waals surface area contributed by atoms with Crippen LogP contribution in [0.25, 0.3) is 0 Å². The second-order valence-electron chi connectivity index (χ2n) is 5.62. The highest BCUT2D eigenvalue weighted by Gasteiger charge is 2.27. The van der Waals surface area contributed by atoms with Gasteiger partial charge in [0.05, 0.1) is 18.3 Å². The zero-order valence-electron chi connectivity index (χ0n) is 13.4. The zero-order valence-corrected chi connectivity index (χ0v) is 13.4. The maximum atomic E-state index is 12.2. The van der Waals surface area contributed by atoms with Crippen molar-refractivity contribution in [3.8, 4) is 0 Å². The van der Waals surface area contributed by atoms with E-state index in [-0.39, 0.29) is 24.0 Å². The molecular weight excluding hydrogens is 279 g/mol. The monoisotopic (exact) mass is 303 g/mol. The lowest BCUT2D eigenvalue weighted by Gasteiger charge is -2.26. The summed E-state index contributed by atoms with van der Waals surface area (Å²) in [6, 6.07) is 9.06. The van der Waals surface area contributed by atoms with Crippen LogP contribution in [0.15, 0.2) is 30.3 Å². The van der Waals surface area contributed by atoms with Crippen molar-refractivity contribution in [2.24, 2.45) is 5.73 Å². The minimum atomic E-state index is -0.608. The molecule has 5 nitrogen and oxygen atoms in total. The summed E-state index contributed by atoms with van der Waals surface area (Å²) >= 11 is 0. The van der Waals surface area contributed by atoms with E-state index in [0.717, 1.165) is 5.56 Å². The Hall–Kier alpha value is -1.66. The van der Waals surface area contributed by atoms with Crippen LogP contribution in [0.4, 0.5) is 0 Å². The van der Waals surface area contributed by atoms with E-state index in [4.69, 9.17) is 10.5 Å². The Bertz CT molecular complexity index is 466. The normalized spacial score (nSPS) is 15.0. The molecule has 3 atom stereocenters. The van der Waals surface area contributed by atoms with Gasteiger partial charge in [-0.05, 0) is 32.8 Å². The van der Waals surface area contributed by atoms with Crippen molar-refractivity contribution in [2.45, 2.75) is 51.3 Å². The number of carbonyl (C=O) groups is 2. The third-order valence-electron chi connectivity index (χ3n) is 3.35. The summed E-state index contributed by atoms with van der Waals surface area (Å²) in [4.78, 5) is 22.7. The van der Waals surface area contributed by atoms with Crippen LogP contribution in [0.1, 0.15) is 38.7 Å². The molecule has 1 radical (unpaired) electrons. The third kappa shape index (κ3) is 5.99. The molecule has 0 bridgehead atoms. The largest absolute Gasteiger partial charge is 0.462 e. The van der Waals surface area contributed by atoms with Crippen molar-refractivity contribution >= 4 is 19.6 Å². The van der Waals surface area contributed by atoms with Crippen LogP contribution in [-0.2, 0) is 14.3 Å². The fourth-order valence-electron chi connectivity index (χ4n) is 2.31. The molecule has 22 heavy (non-hydrogen) atoms. The molecule has 1 rings (SSSR count). The van der Waals surface area contributed by atoms with Crippen LogP contribution in [0.5, 0.6) is 0 Å². The number of nitrogens with one attached hydrogen (secondary N) is 1. The predicted molar refractivity (Wildman–Crippen MR) is 88.1 cm³/mol. The zero-order chi connectivity index (χ0) is 16.5. The molecule has 0 saturated carbocycles. The number of esters is 1. The van der Waals surface area contributed by atoms with Gasteiger partial charge < -0.3 is 20.5 Å². The first-order chi connectivity index (χ1) is 10.5. The third-order valence-corrected chi connectivity index (χ3v) is 3.35. The van der Waals surface area contributed by atoms with Gasteiger partial charge >= 0.3 is 5.97 Å². The van der Waals surface area contributed by atoms with Crippen LogP contribution < -0.4 is 11.0 Å². The van der Waals surface area contributed by atoms with Gasteiger partial charge in [-0.15, -0.1) is 0 Å². The molecule has 0 amide bonds. The highest BCUT2D eigenvalue weighted by molar-refractivity contribution is 6.64. The molecule has 3 N–H and O–H groups in total. The Balaban J connectivity index is 2.88. The molecule has 0 heterocycles. The van der Waals surface area contributed by atoms with Crippen LogP contribution in [0.2, 0.25) is 0 Å². The Morgan fingerprint density at radius 1 is 1.32 bits per heavy atom. The number of nitrogens with two attached hydrogens (primary N) is 1. The Labute approximate surface area is 132 Å². The summed E-state index contributed by atoms with van der Waals surface area (Å²) in [7, 11) is 1.22. The number of benzene rings is 1. The van der Waals surface area contributed by atoms with Crippen LogP contribution in [0, 0.1) is 0 Å². The maximum Gasteiger partial charge on any atom is 0.322 e. The summed E-state index contributed by atoms with van der Waals surface area (Å²) in [5.74, 6) is -0.395. The average molecular weight is 303 g/mol. The summed E-state index contributed by atoms with van der Waals surface area (Å²) in [5.41, 5.74) is 7.15. The smallest absolute Gasteiger partial charge is 0.322 e. The first kappa shape index (κ1) is 18.4. The van der Waals surface area contributed by atoms with Crippen molar-refractivity contribution in [3.63, 3.8) is 0 Å². The highest BCUT2D eigenvalue weighted by Crippen LogP contribution is 2.24. The molecule has 0 aliphatic carbocycles. The predicted octanol–water partition coefficient (Wildman–Crippen LogP) is 1.23. The number of carbonyl (C=O) groups excluding carboxylic acids is 2. The van der Waals surface area contributed by atoms with Gasteiger partial charge in [0.2, 0.25) is 0 Å². The van der Waals surface area contributed by atoms with Crippen molar-refractivity contribution in [1.82, 2.24) is 5.23 Å². The Morgan fingerprint density at radius 2 is 1.95 bits per heavy atom.